The second kappa shape index (κ2) is 7.42. The van der Waals surface area contributed by atoms with E-state index < -0.39 is 16.4 Å². The van der Waals surface area contributed by atoms with Gasteiger partial charge in [-0.3, -0.25) is 14.9 Å². The molecule has 3 N–H and O–H groups in total. The summed E-state index contributed by atoms with van der Waals surface area (Å²) in [5, 5.41) is 13.5. The zero-order valence-corrected chi connectivity index (χ0v) is 10.4. The molecule has 7 heteroatoms. The monoisotopic (exact) mass is 269 g/mol. The molecule has 19 heavy (non-hydrogen) atoms. The van der Waals surface area contributed by atoms with Crippen LogP contribution in [0.1, 0.15) is 24.8 Å². The van der Waals surface area contributed by atoms with Gasteiger partial charge in [0.05, 0.1) is 4.92 Å². The van der Waals surface area contributed by atoms with Crippen LogP contribution in [0.2, 0.25) is 0 Å². The predicted octanol–water partition coefficient (Wildman–Crippen LogP) is 1.48. The van der Waals surface area contributed by atoms with Gasteiger partial charge in [-0.1, -0.05) is 12.1 Å². The number of hydrogen-bond acceptors (Lipinski definition) is 4. The third-order valence-electron chi connectivity index (χ3n) is 2.60. The van der Waals surface area contributed by atoms with E-state index in [1.807, 2.05) is 0 Å². The number of halogens is 1. The Morgan fingerprint density at radius 1 is 1.42 bits per heavy atom. The number of nitro groups is 1. The van der Waals surface area contributed by atoms with Crippen LogP contribution < -0.4 is 11.1 Å². The molecule has 6 nitrogen and oxygen atoms in total. The molecule has 0 saturated heterocycles. The highest BCUT2D eigenvalue weighted by Crippen LogP contribution is 2.19. The molecule has 0 spiro atoms. The fourth-order valence-corrected chi connectivity index (χ4v) is 1.62. The van der Waals surface area contributed by atoms with Gasteiger partial charge in [0.2, 0.25) is 11.7 Å². The molecule has 0 atom stereocenters. The molecule has 1 aromatic carbocycles. The van der Waals surface area contributed by atoms with Gasteiger partial charge < -0.3 is 11.1 Å². The number of nitrogens with zero attached hydrogens (tertiary/aromatic N) is 1. The van der Waals surface area contributed by atoms with E-state index in [1.165, 1.54) is 12.1 Å². The first-order valence-corrected chi connectivity index (χ1v) is 5.93. The lowest BCUT2D eigenvalue weighted by molar-refractivity contribution is -0.387. The summed E-state index contributed by atoms with van der Waals surface area (Å²) >= 11 is 0. The van der Waals surface area contributed by atoms with Crippen LogP contribution in [0, 0.1) is 15.9 Å². The third kappa shape index (κ3) is 5.01. The minimum absolute atomic E-state index is 0.212. The number of amides is 1. The smallest absolute Gasteiger partial charge is 0.305 e. The van der Waals surface area contributed by atoms with Crippen LogP contribution >= 0.6 is 0 Å². The van der Waals surface area contributed by atoms with Crippen LogP contribution in [0.5, 0.6) is 0 Å². The van der Waals surface area contributed by atoms with E-state index >= 15 is 0 Å². The number of primary amides is 1. The van der Waals surface area contributed by atoms with Crippen molar-refractivity contribution >= 4 is 11.6 Å². The molecule has 104 valence electrons. The van der Waals surface area contributed by atoms with Crippen molar-refractivity contribution in [2.75, 3.05) is 6.54 Å². The molecule has 0 fully saturated rings. The summed E-state index contributed by atoms with van der Waals surface area (Å²) in [7, 11) is 0. The first-order chi connectivity index (χ1) is 9.02. The van der Waals surface area contributed by atoms with Gasteiger partial charge in [-0.15, -0.1) is 0 Å². The first-order valence-electron chi connectivity index (χ1n) is 5.93. The second-order valence-corrected chi connectivity index (χ2v) is 4.11. The molecule has 0 bridgehead atoms. The van der Waals surface area contributed by atoms with Crippen LogP contribution in [-0.2, 0) is 11.3 Å². The second-order valence-electron chi connectivity index (χ2n) is 4.11. The molecular formula is C12H16FN3O3. The molecule has 0 heterocycles. The molecule has 1 amide bonds. The molecule has 0 radical (unpaired) electrons. The molecule has 1 aromatic rings. The highest BCUT2D eigenvalue weighted by Gasteiger charge is 2.16. The van der Waals surface area contributed by atoms with Crippen molar-refractivity contribution in [2.45, 2.75) is 25.8 Å². The zero-order chi connectivity index (χ0) is 14.3. The number of nitrogens with two attached hydrogens (primary N) is 1. The van der Waals surface area contributed by atoms with Gasteiger partial charge in [-0.05, 0) is 19.4 Å². The minimum Gasteiger partial charge on any atom is -0.370 e. The number of unbranched alkanes of at least 4 members (excludes halogenated alkanes) is 1. The molecule has 1 rings (SSSR count). The quantitative estimate of drug-likeness (QED) is 0.424. The predicted molar refractivity (Wildman–Crippen MR) is 67.8 cm³/mol. The third-order valence-corrected chi connectivity index (χ3v) is 2.60. The summed E-state index contributed by atoms with van der Waals surface area (Å²) in [5.74, 6) is -1.15. The molecule has 0 aromatic heterocycles. The zero-order valence-electron chi connectivity index (χ0n) is 10.4. The maximum atomic E-state index is 13.7. The van der Waals surface area contributed by atoms with E-state index in [2.05, 4.69) is 5.32 Å². The van der Waals surface area contributed by atoms with Crippen molar-refractivity contribution in [3.63, 3.8) is 0 Å². The number of nitro benzene ring substituents is 1. The van der Waals surface area contributed by atoms with E-state index in [4.69, 9.17) is 5.73 Å². The Bertz CT molecular complexity index is 466. The fourth-order valence-electron chi connectivity index (χ4n) is 1.62. The van der Waals surface area contributed by atoms with Crippen molar-refractivity contribution in [3.05, 3.63) is 39.7 Å². The van der Waals surface area contributed by atoms with E-state index in [-0.39, 0.29) is 18.0 Å². The summed E-state index contributed by atoms with van der Waals surface area (Å²) in [4.78, 5) is 20.3. The Hall–Kier alpha value is -2.02. The van der Waals surface area contributed by atoms with Crippen molar-refractivity contribution in [2.24, 2.45) is 5.73 Å². The van der Waals surface area contributed by atoms with Crippen LogP contribution in [0.15, 0.2) is 18.2 Å². The number of benzene rings is 1. The topological polar surface area (TPSA) is 98.3 Å². The average molecular weight is 269 g/mol. The molecule has 0 saturated carbocycles. The first kappa shape index (κ1) is 15.0. The average Bonchev–Trinajstić information content (AvgIpc) is 2.34. The summed E-state index contributed by atoms with van der Waals surface area (Å²) in [6.07, 6.45) is 1.73. The van der Waals surface area contributed by atoms with Crippen LogP contribution in [0.4, 0.5) is 10.1 Å². The number of nitrogens with one attached hydrogen (secondary N) is 1. The Morgan fingerprint density at radius 3 is 2.79 bits per heavy atom. The fraction of sp³-hybridized carbons (Fsp3) is 0.417. The largest absolute Gasteiger partial charge is 0.370 e. The van der Waals surface area contributed by atoms with Crippen molar-refractivity contribution in [3.8, 4) is 0 Å². The molecule has 0 aliphatic rings. The number of carbonyl (C=O) groups is 1. The molecule has 0 unspecified atom stereocenters. The van der Waals surface area contributed by atoms with E-state index in [9.17, 15) is 19.3 Å². The number of carbonyl (C=O) groups excluding carboxylic acids is 1. The van der Waals surface area contributed by atoms with E-state index in [1.54, 1.807) is 0 Å². The van der Waals surface area contributed by atoms with Crippen LogP contribution in [0.25, 0.3) is 0 Å². The summed E-state index contributed by atoms with van der Waals surface area (Å²) in [6.45, 7) is 0.805. The van der Waals surface area contributed by atoms with E-state index in [0.717, 1.165) is 12.5 Å². The van der Waals surface area contributed by atoms with Gasteiger partial charge in [-0.25, -0.2) is 0 Å². The standard InChI is InChI=1S/C12H16FN3O3/c13-12-9(4-3-5-10(12)16(18)19)8-15-7-2-1-6-11(14)17/h3-5,15H,1-2,6-8H2,(H2,14,17). The summed E-state index contributed by atoms with van der Waals surface area (Å²) < 4.78 is 13.7. The van der Waals surface area contributed by atoms with Gasteiger partial charge in [-0.2, -0.15) is 4.39 Å². The highest BCUT2D eigenvalue weighted by molar-refractivity contribution is 5.73. The molecule has 0 aliphatic heterocycles. The van der Waals surface area contributed by atoms with Gasteiger partial charge >= 0.3 is 5.69 Å². The van der Waals surface area contributed by atoms with Gasteiger partial charge in [0.25, 0.3) is 0 Å². The van der Waals surface area contributed by atoms with Crippen molar-refractivity contribution in [1.29, 1.82) is 0 Å². The Kier molecular flexibility index (Phi) is 5.87. The Labute approximate surface area is 109 Å². The van der Waals surface area contributed by atoms with Gasteiger partial charge in [0, 0.05) is 24.6 Å². The van der Waals surface area contributed by atoms with Crippen molar-refractivity contribution in [1.82, 2.24) is 5.32 Å². The minimum atomic E-state index is -0.808. The van der Waals surface area contributed by atoms with Gasteiger partial charge in [0.1, 0.15) is 0 Å². The molecule has 0 aliphatic carbocycles. The Morgan fingerprint density at radius 2 is 2.16 bits per heavy atom. The lowest BCUT2D eigenvalue weighted by atomic mass is 10.1. The highest BCUT2D eigenvalue weighted by atomic mass is 19.1. The SMILES string of the molecule is NC(=O)CCCCNCc1cccc([N+](=O)[O-])c1F. The number of hydrogen-bond donors (Lipinski definition) is 2. The summed E-state index contributed by atoms with van der Waals surface area (Å²) in [5.41, 5.74) is 4.72. The lowest BCUT2D eigenvalue weighted by Crippen LogP contribution is -2.17. The summed E-state index contributed by atoms with van der Waals surface area (Å²) in [6, 6.07) is 4.08. The van der Waals surface area contributed by atoms with Crippen LogP contribution in [-0.4, -0.2) is 17.4 Å². The maximum absolute atomic E-state index is 13.7. The molecular weight excluding hydrogens is 253 g/mol. The van der Waals surface area contributed by atoms with E-state index in [0.29, 0.717) is 19.4 Å². The lowest BCUT2D eigenvalue weighted by Gasteiger charge is -2.05. The maximum Gasteiger partial charge on any atom is 0.305 e. The van der Waals surface area contributed by atoms with Gasteiger partial charge in [0.15, 0.2) is 0 Å². The van der Waals surface area contributed by atoms with Crippen molar-refractivity contribution < 1.29 is 14.1 Å². The Balaban J connectivity index is 2.39. The van der Waals surface area contributed by atoms with Crippen LogP contribution in [0.3, 0.4) is 0 Å². The number of rotatable bonds is 8. The normalized spacial score (nSPS) is 10.4.